The molecule has 35 heavy (non-hydrogen) atoms. The third kappa shape index (κ3) is 4.80. The van der Waals surface area contributed by atoms with Gasteiger partial charge in [0.25, 0.3) is 0 Å². The zero-order chi connectivity index (χ0) is 25.4. The Morgan fingerprint density at radius 2 is 1.43 bits per heavy atom. The molecule has 7 nitrogen and oxygen atoms in total. The van der Waals surface area contributed by atoms with Crippen molar-refractivity contribution in [1.29, 1.82) is 0 Å². The fourth-order valence-corrected chi connectivity index (χ4v) is 4.70. The number of rotatable bonds is 5. The first-order valence-corrected chi connectivity index (χ1v) is 11.5. The Morgan fingerprint density at radius 3 is 1.86 bits per heavy atom. The maximum atomic E-state index is 12.2. The van der Waals surface area contributed by atoms with E-state index >= 15 is 0 Å². The fraction of sp³-hybridized carbons (Fsp3) is 0.160. The van der Waals surface area contributed by atoms with Crippen LogP contribution in [0.2, 0.25) is 10.0 Å². The number of alkyl halides is 1. The van der Waals surface area contributed by atoms with Crippen molar-refractivity contribution < 1.29 is 33.7 Å². The van der Waals surface area contributed by atoms with Crippen LogP contribution >= 0.6 is 34.8 Å². The molecule has 0 bridgehead atoms. The van der Waals surface area contributed by atoms with Crippen molar-refractivity contribution in [1.82, 2.24) is 0 Å². The van der Waals surface area contributed by atoms with Gasteiger partial charge in [-0.2, -0.15) is 0 Å². The first kappa shape index (κ1) is 24.9. The minimum Gasteiger partial charge on any atom is -0.478 e. The number of fused-ring (bicyclic) bond motifs is 2. The number of esters is 2. The molecule has 0 fully saturated rings. The van der Waals surface area contributed by atoms with Gasteiger partial charge in [0.05, 0.1) is 15.6 Å². The highest BCUT2D eigenvalue weighted by atomic mass is 35.5. The summed E-state index contributed by atoms with van der Waals surface area (Å²) < 4.78 is 16.4. The largest absolute Gasteiger partial charge is 0.478 e. The number of hydrogen-bond donors (Lipinski definition) is 1. The number of carboxylic acids is 1. The van der Waals surface area contributed by atoms with Gasteiger partial charge >= 0.3 is 17.9 Å². The van der Waals surface area contributed by atoms with Gasteiger partial charge in [0.2, 0.25) is 0 Å². The molecule has 10 heteroatoms. The molecule has 0 aromatic heterocycles. The van der Waals surface area contributed by atoms with Crippen molar-refractivity contribution in [3.05, 3.63) is 80.3 Å². The van der Waals surface area contributed by atoms with Crippen molar-refractivity contribution in [3.63, 3.8) is 0 Å². The molecule has 1 aliphatic heterocycles. The standard InChI is InChI=1S/C25H17Cl3O7/c1-11(29)33-21-8-19-15(6-17(21)27)24(23-13(10-26)4-3-5-14(23)25(31)32)16-7-18(28)22(34-12(2)30)9-20(16)35-19/h3-9,24H,10H2,1-2H3,(H,31,32). The van der Waals surface area contributed by atoms with Crippen LogP contribution in [0.25, 0.3) is 0 Å². The lowest BCUT2D eigenvalue weighted by molar-refractivity contribution is -0.132. The highest BCUT2D eigenvalue weighted by Gasteiger charge is 2.35. The van der Waals surface area contributed by atoms with Gasteiger partial charge in [0.15, 0.2) is 11.5 Å². The maximum absolute atomic E-state index is 12.2. The van der Waals surface area contributed by atoms with E-state index in [1.165, 1.54) is 32.0 Å². The van der Waals surface area contributed by atoms with Crippen molar-refractivity contribution in [2.24, 2.45) is 0 Å². The van der Waals surface area contributed by atoms with Crippen molar-refractivity contribution in [3.8, 4) is 23.0 Å². The number of carbonyl (C=O) groups excluding carboxylic acids is 2. The summed E-state index contributed by atoms with van der Waals surface area (Å²) in [5, 5.41) is 10.2. The van der Waals surface area contributed by atoms with Gasteiger partial charge in [-0.3, -0.25) is 9.59 Å². The smallest absolute Gasteiger partial charge is 0.336 e. The van der Waals surface area contributed by atoms with E-state index in [1.807, 2.05) is 0 Å². The first-order chi connectivity index (χ1) is 16.6. The lowest BCUT2D eigenvalue weighted by atomic mass is 9.78. The van der Waals surface area contributed by atoms with Crippen LogP contribution in [0.4, 0.5) is 0 Å². The van der Waals surface area contributed by atoms with Gasteiger partial charge < -0.3 is 19.3 Å². The third-order valence-electron chi connectivity index (χ3n) is 5.34. The molecule has 1 aliphatic rings. The van der Waals surface area contributed by atoms with Crippen LogP contribution in [0.1, 0.15) is 52.4 Å². The topological polar surface area (TPSA) is 99.1 Å². The monoisotopic (exact) mass is 534 g/mol. The molecule has 180 valence electrons. The molecule has 0 saturated carbocycles. The van der Waals surface area contributed by atoms with Crippen LogP contribution in [0, 0.1) is 0 Å². The summed E-state index contributed by atoms with van der Waals surface area (Å²) in [7, 11) is 0. The molecular weight excluding hydrogens is 519 g/mol. The molecule has 0 spiro atoms. The number of carboxylic acid groups (broad SMARTS) is 1. The van der Waals surface area contributed by atoms with Gasteiger partial charge in [-0.1, -0.05) is 35.3 Å². The van der Waals surface area contributed by atoms with Gasteiger partial charge in [-0.15, -0.1) is 11.6 Å². The number of carbonyl (C=O) groups is 3. The zero-order valence-electron chi connectivity index (χ0n) is 18.4. The molecule has 1 N–H and O–H groups in total. The number of aromatic carboxylic acids is 1. The first-order valence-electron chi connectivity index (χ1n) is 10.2. The van der Waals surface area contributed by atoms with Gasteiger partial charge in [0, 0.05) is 48.9 Å². The second-order valence-corrected chi connectivity index (χ2v) is 8.76. The molecule has 0 unspecified atom stereocenters. The molecule has 0 aliphatic carbocycles. The summed E-state index contributed by atoms with van der Waals surface area (Å²) in [4.78, 5) is 35.3. The maximum Gasteiger partial charge on any atom is 0.336 e. The predicted molar refractivity (Wildman–Crippen MR) is 129 cm³/mol. The minimum absolute atomic E-state index is 0.0346. The van der Waals surface area contributed by atoms with E-state index in [4.69, 9.17) is 49.0 Å². The van der Waals surface area contributed by atoms with Crippen molar-refractivity contribution in [2.45, 2.75) is 25.6 Å². The van der Waals surface area contributed by atoms with Crippen LogP contribution in [0.3, 0.4) is 0 Å². The molecule has 0 saturated heterocycles. The number of halogens is 3. The lowest BCUT2D eigenvalue weighted by Gasteiger charge is -2.31. The average molecular weight is 536 g/mol. The van der Waals surface area contributed by atoms with Gasteiger partial charge in [0.1, 0.15) is 11.5 Å². The molecule has 3 aromatic rings. The summed E-state index contributed by atoms with van der Waals surface area (Å²) in [6.45, 7) is 2.47. The Morgan fingerprint density at radius 1 is 0.914 bits per heavy atom. The molecule has 3 aromatic carbocycles. The SMILES string of the molecule is CC(=O)Oc1cc2c(cc1Cl)C(c1c(CCl)cccc1C(=O)O)c1cc(Cl)c(OC(C)=O)cc1O2. The third-order valence-corrected chi connectivity index (χ3v) is 6.22. The van der Waals surface area contributed by atoms with E-state index in [1.54, 1.807) is 24.3 Å². The van der Waals surface area contributed by atoms with Gasteiger partial charge in [-0.05, 0) is 29.3 Å². The predicted octanol–water partition coefficient (Wildman–Crippen LogP) is 6.57. The highest BCUT2D eigenvalue weighted by molar-refractivity contribution is 6.32. The van der Waals surface area contributed by atoms with E-state index in [2.05, 4.69) is 0 Å². The number of ether oxygens (including phenoxy) is 3. The van der Waals surface area contributed by atoms with Crippen LogP contribution in [0.5, 0.6) is 23.0 Å². The second-order valence-electron chi connectivity index (χ2n) is 7.68. The Bertz CT molecular complexity index is 1310. The Balaban J connectivity index is 2.04. The van der Waals surface area contributed by atoms with Gasteiger partial charge in [-0.25, -0.2) is 4.79 Å². The van der Waals surface area contributed by atoms with E-state index in [0.29, 0.717) is 22.3 Å². The Labute approximate surface area is 215 Å². The van der Waals surface area contributed by atoms with Crippen LogP contribution in [0.15, 0.2) is 42.5 Å². The molecule has 4 rings (SSSR count). The lowest BCUT2D eigenvalue weighted by Crippen LogP contribution is -2.18. The van der Waals surface area contributed by atoms with E-state index < -0.39 is 23.8 Å². The van der Waals surface area contributed by atoms with Crippen molar-refractivity contribution in [2.75, 3.05) is 0 Å². The minimum atomic E-state index is -1.15. The molecule has 1 heterocycles. The van der Waals surface area contributed by atoms with Crippen molar-refractivity contribution >= 4 is 52.7 Å². The normalized spacial score (nSPS) is 12.3. The Hall–Kier alpha value is -3.26. The summed E-state index contributed by atoms with van der Waals surface area (Å²) in [5.41, 5.74) is 2.06. The van der Waals surface area contributed by atoms with Crippen LogP contribution < -0.4 is 14.2 Å². The summed E-state index contributed by atoms with van der Waals surface area (Å²) in [5.74, 6) is -2.32. The number of benzene rings is 3. The molecule has 0 amide bonds. The Kier molecular flexibility index (Phi) is 6.94. The van der Waals surface area contributed by atoms with Crippen LogP contribution in [-0.2, 0) is 15.5 Å². The average Bonchev–Trinajstić information content (AvgIpc) is 2.78. The number of hydrogen-bond acceptors (Lipinski definition) is 6. The molecule has 0 atom stereocenters. The fourth-order valence-electron chi connectivity index (χ4n) is 4.05. The van der Waals surface area contributed by atoms with E-state index in [9.17, 15) is 19.5 Å². The molecular formula is C25H17Cl3O7. The second kappa shape index (κ2) is 9.77. The van der Waals surface area contributed by atoms with E-state index in [0.717, 1.165) is 0 Å². The molecule has 0 radical (unpaired) electrons. The van der Waals surface area contributed by atoms with E-state index in [-0.39, 0.29) is 44.5 Å². The summed E-state index contributed by atoms with van der Waals surface area (Å²) in [6, 6.07) is 10.8. The summed E-state index contributed by atoms with van der Waals surface area (Å²) >= 11 is 19.1. The van der Waals surface area contributed by atoms with Crippen LogP contribution in [-0.4, -0.2) is 23.0 Å². The quantitative estimate of drug-likeness (QED) is 0.175. The summed E-state index contributed by atoms with van der Waals surface area (Å²) in [6.07, 6.45) is 0. The zero-order valence-corrected chi connectivity index (χ0v) is 20.6. The highest BCUT2D eigenvalue weighted by Crippen LogP contribution is 2.53.